The number of ether oxygens (including phenoxy) is 1. The van der Waals surface area contributed by atoms with E-state index >= 15 is 0 Å². The van der Waals surface area contributed by atoms with Crippen LogP contribution >= 0.6 is 0 Å². The Labute approximate surface area is 142 Å². The van der Waals surface area contributed by atoms with Gasteiger partial charge in [-0.1, -0.05) is 6.07 Å². The number of phenols is 1. The van der Waals surface area contributed by atoms with Gasteiger partial charge in [-0.25, -0.2) is 18.4 Å². The van der Waals surface area contributed by atoms with Gasteiger partial charge in [0, 0.05) is 6.07 Å². The molecule has 10 nitrogen and oxygen atoms in total. The Bertz CT molecular complexity index is 957. The molecule has 0 heterocycles. The summed E-state index contributed by atoms with van der Waals surface area (Å²) in [5.74, 6) is -1.26. The highest BCUT2D eigenvalue weighted by Crippen LogP contribution is 2.35. The quantitative estimate of drug-likeness (QED) is 0.310. The molecule has 0 aliphatic heterocycles. The first-order chi connectivity index (χ1) is 11.6. The third kappa shape index (κ3) is 3.84. The molecular weight excluding hydrogens is 354 g/mol. The first kappa shape index (κ1) is 18.2. The average molecular weight is 367 g/mol. The van der Waals surface area contributed by atoms with Gasteiger partial charge < -0.3 is 15.2 Å². The van der Waals surface area contributed by atoms with Crippen LogP contribution in [0, 0.1) is 10.1 Å². The summed E-state index contributed by atoms with van der Waals surface area (Å²) in [7, 11) is -2.98. The van der Waals surface area contributed by atoms with Crippen LogP contribution in [-0.2, 0) is 14.8 Å². The monoisotopic (exact) mass is 367 g/mol. The fourth-order valence-corrected chi connectivity index (χ4v) is 2.54. The molecule has 0 saturated heterocycles. The highest BCUT2D eigenvalue weighted by Gasteiger charge is 2.21. The topological polar surface area (TPSA) is 162 Å². The molecule has 0 amide bonds. The van der Waals surface area contributed by atoms with E-state index in [9.17, 15) is 28.4 Å². The summed E-state index contributed by atoms with van der Waals surface area (Å²) in [6, 6.07) is 7.11. The van der Waals surface area contributed by atoms with Crippen molar-refractivity contribution < 1.29 is 28.0 Å². The second-order valence-electron chi connectivity index (χ2n) is 4.80. The molecule has 0 unspecified atom stereocenters. The van der Waals surface area contributed by atoms with Crippen LogP contribution < -0.4 is 10.5 Å². The molecule has 0 spiro atoms. The first-order valence-corrected chi connectivity index (χ1v) is 8.18. The number of aromatic hydroxyl groups is 1. The molecule has 2 aromatic rings. The molecule has 0 aromatic heterocycles. The molecule has 0 fully saturated rings. The number of hydrogen-bond acceptors (Lipinski definition) is 8. The van der Waals surface area contributed by atoms with E-state index in [-0.39, 0.29) is 16.9 Å². The molecule has 4 N–H and O–H groups in total. The molecule has 0 atom stereocenters. The zero-order chi connectivity index (χ0) is 18.8. The van der Waals surface area contributed by atoms with Gasteiger partial charge in [0.1, 0.15) is 11.3 Å². The highest BCUT2D eigenvalue weighted by molar-refractivity contribution is 7.89. The van der Waals surface area contributed by atoms with Gasteiger partial charge in [-0.2, -0.15) is 0 Å². The number of sulfonamides is 1. The van der Waals surface area contributed by atoms with Crippen molar-refractivity contribution in [3.05, 3.63) is 52.1 Å². The number of anilines is 2. The van der Waals surface area contributed by atoms with Crippen LogP contribution in [-0.4, -0.2) is 31.5 Å². The largest absolute Gasteiger partial charge is 0.505 e. The van der Waals surface area contributed by atoms with E-state index in [0.29, 0.717) is 0 Å². The van der Waals surface area contributed by atoms with Crippen LogP contribution in [0.15, 0.2) is 41.3 Å². The van der Waals surface area contributed by atoms with Crippen molar-refractivity contribution in [2.75, 3.05) is 12.4 Å². The maximum Gasteiger partial charge on any atom is 0.341 e. The normalized spacial score (nSPS) is 11.0. The maximum absolute atomic E-state index is 11.6. The average Bonchev–Trinajstić information content (AvgIpc) is 2.55. The molecule has 11 heteroatoms. The van der Waals surface area contributed by atoms with Crippen molar-refractivity contribution in [3.8, 4) is 5.75 Å². The fraction of sp³-hybridized carbons (Fsp3) is 0.0714. The minimum Gasteiger partial charge on any atom is -0.505 e. The number of nitro benzene ring substituents is 1. The summed E-state index contributed by atoms with van der Waals surface area (Å²) in [5, 5.41) is 28.9. The van der Waals surface area contributed by atoms with E-state index in [4.69, 9.17) is 5.14 Å². The molecule has 0 aliphatic rings. The van der Waals surface area contributed by atoms with Gasteiger partial charge in [-0.3, -0.25) is 10.1 Å². The summed E-state index contributed by atoms with van der Waals surface area (Å²) in [5.41, 5.74) is -0.824. The number of nitro groups is 1. The number of primary sulfonamides is 1. The van der Waals surface area contributed by atoms with Crippen LogP contribution in [0.3, 0.4) is 0 Å². The fourth-order valence-electron chi connectivity index (χ4n) is 2.01. The number of methoxy groups -OCH3 is 1. The molecule has 2 rings (SSSR count). The molecule has 0 aliphatic carbocycles. The second-order valence-corrected chi connectivity index (χ2v) is 6.36. The number of rotatable bonds is 5. The van der Waals surface area contributed by atoms with Crippen molar-refractivity contribution in [2.24, 2.45) is 5.14 Å². The third-order valence-corrected chi connectivity index (χ3v) is 4.12. The number of phenolic OH excluding ortho intramolecular Hbond substituents is 1. The lowest BCUT2D eigenvalue weighted by molar-refractivity contribution is -0.384. The Kier molecular flexibility index (Phi) is 4.90. The van der Waals surface area contributed by atoms with Crippen LogP contribution in [0.4, 0.5) is 17.1 Å². The summed E-state index contributed by atoms with van der Waals surface area (Å²) in [6.45, 7) is 0. The number of hydrogen-bond donors (Lipinski definition) is 3. The third-order valence-electron chi connectivity index (χ3n) is 3.21. The smallest absolute Gasteiger partial charge is 0.341 e. The standard InChI is InChI=1S/C14H13N3O7S/c1-24-14(19)9-3-2-4-11(13(9)18)16-10-6-5-8(25(15,22)23)7-12(10)17(20)21/h2-7,16,18H,1H3,(H2,15,22,23). The van der Waals surface area contributed by atoms with E-state index in [1.807, 2.05) is 0 Å². The van der Waals surface area contributed by atoms with Crippen molar-refractivity contribution in [1.82, 2.24) is 0 Å². The predicted molar refractivity (Wildman–Crippen MR) is 87.2 cm³/mol. The summed E-state index contributed by atoms with van der Waals surface area (Å²) < 4.78 is 27.2. The summed E-state index contributed by atoms with van der Waals surface area (Å²) in [4.78, 5) is 21.5. The minimum absolute atomic E-state index is 0.00523. The van der Waals surface area contributed by atoms with E-state index in [0.717, 1.165) is 25.3 Å². The number of nitrogens with two attached hydrogens (primary N) is 1. The van der Waals surface area contributed by atoms with Crippen molar-refractivity contribution in [1.29, 1.82) is 0 Å². The lowest BCUT2D eigenvalue weighted by Crippen LogP contribution is -2.12. The Balaban J connectivity index is 2.51. The number of carbonyl (C=O) groups is 1. The van der Waals surface area contributed by atoms with Crippen molar-refractivity contribution in [2.45, 2.75) is 4.90 Å². The van der Waals surface area contributed by atoms with Crippen molar-refractivity contribution in [3.63, 3.8) is 0 Å². The molecule has 25 heavy (non-hydrogen) atoms. The number of carbonyl (C=O) groups excluding carboxylic acids is 1. The number of nitrogens with zero attached hydrogens (tertiary/aromatic N) is 1. The minimum atomic E-state index is -4.12. The van der Waals surface area contributed by atoms with Gasteiger partial charge in [0.15, 0.2) is 5.75 Å². The van der Waals surface area contributed by atoms with Gasteiger partial charge in [-0.15, -0.1) is 0 Å². The van der Waals surface area contributed by atoms with E-state index in [1.165, 1.54) is 18.2 Å². The van der Waals surface area contributed by atoms with E-state index in [2.05, 4.69) is 10.1 Å². The van der Waals surface area contributed by atoms with E-state index in [1.54, 1.807) is 0 Å². The molecule has 0 radical (unpaired) electrons. The highest BCUT2D eigenvalue weighted by atomic mass is 32.2. The number of nitrogens with one attached hydrogen (secondary N) is 1. The van der Waals surface area contributed by atoms with Gasteiger partial charge in [0.2, 0.25) is 10.0 Å². The Morgan fingerprint density at radius 3 is 2.52 bits per heavy atom. The van der Waals surface area contributed by atoms with Crippen LogP contribution in [0.1, 0.15) is 10.4 Å². The van der Waals surface area contributed by atoms with Crippen LogP contribution in [0.5, 0.6) is 5.75 Å². The molecule has 0 bridgehead atoms. The molecular formula is C14H13N3O7S. The molecule has 132 valence electrons. The molecule has 0 saturated carbocycles. The predicted octanol–water partition coefficient (Wildman–Crippen LogP) is 1.48. The van der Waals surface area contributed by atoms with E-state index < -0.39 is 37.2 Å². The summed E-state index contributed by atoms with van der Waals surface area (Å²) in [6.07, 6.45) is 0. The zero-order valence-corrected chi connectivity index (χ0v) is 13.6. The number of benzene rings is 2. The maximum atomic E-state index is 11.6. The second kappa shape index (κ2) is 6.75. The van der Waals surface area contributed by atoms with Crippen LogP contribution in [0.25, 0.3) is 0 Å². The Morgan fingerprint density at radius 2 is 1.96 bits per heavy atom. The van der Waals surface area contributed by atoms with Gasteiger partial charge >= 0.3 is 5.97 Å². The van der Waals surface area contributed by atoms with Gasteiger partial charge in [0.25, 0.3) is 5.69 Å². The van der Waals surface area contributed by atoms with Crippen LogP contribution in [0.2, 0.25) is 0 Å². The van der Waals surface area contributed by atoms with Crippen molar-refractivity contribution >= 4 is 33.1 Å². The summed E-state index contributed by atoms with van der Waals surface area (Å²) >= 11 is 0. The molecule has 2 aromatic carbocycles. The Hall–Kier alpha value is -3.18. The number of para-hydroxylation sites is 1. The lowest BCUT2D eigenvalue weighted by Gasteiger charge is -2.11. The lowest BCUT2D eigenvalue weighted by atomic mass is 10.1. The number of esters is 1. The SMILES string of the molecule is COC(=O)c1cccc(Nc2ccc(S(N)(=O)=O)cc2[N+](=O)[O-])c1O. The van der Waals surface area contributed by atoms with Gasteiger partial charge in [0.05, 0.1) is 22.6 Å². The first-order valence-electron chi connectivity index (χ1n) is 6.63. The van der Waals surface area contributed by atoms with Gasteiger partial charge in [-0.05, 0) is 24.3 Å². The Morgan fingerprint density at radius 1 is 1.28 bits per heavy atom. The zero-order valence-electron chi connectivity index (χ0n) is 12.8.